The molecular formula is C23H19NO. The number of hydrogen-bond donors (Lipinski definition) is 0. The zero-order chi connectivity index (χ0) is 17.2. The molecule has 3 aromatic carbocycles. The fourth-order valence-corrected chi connectivity index (χ4v) is 4.21. The molecule has 2 nitrogen and oxygen atoms in total. The molecule has 122 valence electrons. The van der Waals surface area contributed by atoms with Crippen molar-refractivity contribution in [3.05, 3.63) is 71.8 Å². The summed E-state index contributed by atoms with van der Waals surface area (Å²) in [6.07, 6.45) is 0. The van der Waals surface area contributed by atoms with Crippen LogP contribution in [0.3, 0.4) is 0 Å². The normalized spacial score (nSPS) is 14.5. The molecular weight excluding hydrogens is 306 g/mol. The Hall–Kier alpha value is -2.87. The Morgan fingerprint density at radius 1 is 0.840 bits per heavy atom. The Kier molecular flexibility index (Phi) is 2.79. The molecule has 1 aliphatic rings. The highest BCUT2D eigenvalue weighted by atomic mass is 16.5. The highest BCUT2D eigenvalue weighted by molar-refractivity contribution is 6.07. The zero-order valence-electron chi connectivity index (χ0n) is 14.6. The van der Waals surface area contributed by atoms with E-state index >= 15 is 0 Å². The van der Waals surface area contributed by atoms with Gasteiger partial charge in [-0.3, -0.25) is 0 Å². The lowest BCUT2D eigenvalue weighted by molar-refractivity contribution is 0.416. The second-order valence-corrected chi connectivity index (χ2v) is 7.25. The fraction of sp³-hybridized carbons (Fsp3) is 0.174. The van der Waals surface area contributed by atoms with Crippen molar-refractivity contribution in [1.82, 2.24) is 4.98 Å². The van der Waals surface area contributed by atoms with E-state index < -0.39 is 0 Å². The maximum absolute atomic E-state index is 5.65. The zero-order valence-corrected chi connectivity index (χ0v) is 14.6. The number of hydrogen-bond acceptors (Lipinski definition) is 2. The average Bonchev–Trinajstić information content (AvgIpc) is 2.87. The first-order valence-electron chi connectivity index (χ1n) is 8.62. The highest BCUT2D eigenvalue weighted by Crippen LogP contribution is 2.52. The molecule has 0 radical (unpaired) electrons. The molecule has 0 spiro atoms. The van der Waals surface area contributed by atoms with Gasteiger partial charge >= 0.3 is 0 Å². The molecule has 1 aromatic heterocycles. The van der Waals surface area contributed by atoms with Crippen LogP contribution in [0.25, 0.3) is 32.9 Å². The number of benzene rings is 3. The molecule has 5 rings (SSSR count). The summed E-state index contributed by atoms with van der Waals surface area (Å²) >= 11 is 0. The molecule has 1 heterocycles. The van der Waals surface area contributed by atoms with E-state index in [0.717, 1.165) is 22.5 Å². The first-order valence-corrected chi connectivity index (χ1v) is 8.62. The Labute approximate surface area is 147 Å². The van der Waals surface area contributed by atoms with E-state index in [1.807, 2.05) is 6.07 Å². The third kappa shape index (κ3) is 1.82. The van der Waals surface area contributed by atoms with Crippen LogP contribution in [0, 0.1) is 0 Å². The third-order valence-electron chi connectivity index (χ3n) is 5.55. The van der Waals surface area contributed by atoms with Gasteiger partial charge in [0.2, 0.25) is 0 Å². The number of pyridine rings is 1. The molecule has 4 aromatic rings. The summed E-state index contributed by atoms with van der Waals surface area (Å²) in [5.74, 6) is 0.900. The molecule has 25 heavy (non-hydrogen) atoms. The maximum Gasteiger partial charge on any atom is 0.128 e. The third-order valence-corrected chi connectivity index (χ3v) is 5.55. The number of methoxy groups -OCH3 is 1. The first-order chi connectivity index (χ1) is 12.1. The van der Waals surface area contributed by atoms with E-state index in [0.29, 0.717) is 0 Å². The number of fused-ring (bicyclic) bond motifs is 6. The molecule has 0 aliphatic heterocycles. The lowest BCUT2D eigenvalue weighted by atomic mass is 9.82. The summed E-state index contributed by atoms with van der Waals surface area (Å²) in [5, 5.41) is 3.73. The standard InChI is InChI=1S/C23H19NO/c1-23(2)17-9-6-10-20(25-3)21(17)22-18(23)13-16-15-8-5-4-7-14(15)11-12-19(16)24-22/h4-13H,1-3H3. The van der Waals surface area contributed by atoms with Gasteiger partial charge in [-0.15, -0.1) is 0 Å². The molecule has 0 saturated heterocycles. The number of ether oxygens (including phenoxy) is 1. The summed E-state index contributed by atoms with van der Waals surface area (Å²) < 4.78 is 5.65. The Morgan fingerprint density at radius 3 is 2.52 bits per heavy atom. The van der Waals surface area contributed by atoms with Crippen LogP contribution in [0.1, 0.15) is 25.0 Å². The topological polar surface area (TPSA) is 22.1 Å². The smallest absolute Gasteiger partial charge is 0.128 e. The van der Waals surface area contributed by atoms with Crippen molar-refractivity contribution in [2.75, 3.05) is 7.11 Å². The molecule has 0 unspecified atom stereocenters. The molecule has 0 bridgehead atoms. The second kappa shape index (κ2) is 4.82. The van der Waals surface area contributed by atoms with Crippen LogP contribution in [0.4, 0.5) is 0 Å². The number of aromatic nitrogens is 1. The van der Waals surface area contributed by atoms with Gasteiger partial charge in [-0.05, 0) is 40.1 Å². The van der Waals surface area contributed by atoms with Crippen LogP contribution in [0.2, 0.25) is 0 Å². The minimum absolute atomic E-state index is 0.0860. The van der Waals surface area contributed by atoms with Gasteiger partial charge in [0.25, 0.3) is 0 Å². The van der Waals surface area contributed by atoms with Crippen molar-refractivity contribution < 1.29 is 4.74 Å². The summed E-state index contributed by atoms with van der Waals surface area (Å²) in [5.41, 5.74) is 5.70. The molecule has 0 atom stereocenters. The van der Waals surface area contributed by atoms with E-state index in [9.17, 15) is 0 Å². The summed E-state index contributed by atoms with van der Waals surface area (Å²) in [6.45, 7) is 4.55. The molecule has 0 N–H and O–H groups in total. The summed E-state index contributed by atoms with van der Waals surface area (Å²) in [7, 11) is 1.73. The van der Waals surface area contributed by atoms with E-state index in [1.54, 1.807) is 7.11 Å². The lowest BCUT2D eigenvalue weighted by Gasteiger charge is -2.21. The van der Waals surface area contributed by atoms with E-state index in [1.165, 1.54) is 27.3 Å². The minimum atomic E-state index is -0.0860. The van der Waals surface area contributed by atoms with Crippen molar-refractivity contribution >= 4 is 21.7 Å². The second-order valence-electron chi connectivity index (χ2n) is 7.25. The fourth-order valence-electron chi connectivity index (χ4n) is 4.21. The van der Waals surface area contributed by atoms with Crippen molar-refractivity contribution in [1.29, 1.82) is 0 Å². The SMILES string of the molecule is COc1cccc2c1-c1nc3ccc4ccccc4c3cc1C2(C)C. The average molecular weight is 325 g/mol. The van der Waals surface area contributed by atoms with Gasteiger partial charge in [0.15, 0.2) is 0 Å². The van der Waals surface area contributed by atoms with Gasteiger partial charge in [-0.1, -0.05) is 56.3 Å². The number of nitrogens with zero attached hydrogens (tertiary/aromatic N) is 1. The first kappa shape index (κ1) is 14.5. The Balaban J connectivity index is 1.93. The summed E-state index contributed by atoms with van der Waals surface area (Å²) in [6, 6.07) is 21.4. The van der Waals surface area contributed by atoms with Gasteiger partial charge in [-0.25, -0.2) is 4.98 Å². The molecule has 0 amide bonds. The van der Waals surface area contributed by atoms with Crippen molar-refractivity contribution in [2.45, 2.75) is 19.3 Å². The van der Waals surface area contributed by atoms with Gasteiger partial charge in [0, 0.05) is 16.4 Å². The Bertz CT molecular complexity index is 1160. The van der Waals surface area contributed by atoms with Crippen molar-refractivity contribution in [2.24, 2.45) is 0 Å². The van der Waals surface area contributed by atoms with Crippen LogP contribution < -0.4 is 4.74 Å². The van der Waals surface area contributed by atoms with Crippen LogP contribution >= 0.6 is 0 Å². The molecule has 2 heteroatoms. The largest absolute Gasteiger partial charge is 0.496 e. The van der Waals surface area contributed by atoms with Crippen molar-refractivity contribution in [3.63, 3.8) is 0 Å². The highest BCUT2D eigenvalue weighted by Gasteiger charge is 2.38. The predicted octanol–water partition coefficient (Wildman–Crippen LogP) is 5.70. The van der Waals surface area contributed by atoms with Crippen LogP contribution in [-0.4, -0.2) is 12.1 Å². The Morgan fingerprint density at radius 2 is 1.68 bits per heavy atom. The number of rotatable bonds is 1. The quantitative estimate of drug-likeness (QED) is 0.419. The van der Waals surface area contributed by atoms with Crippen molar-refractivity contribution in [3.8, 4) is 17.0 Å². The summed E-state index contributed by atoms with van der Waals surface area (Å²) in [4.78, 5) is 5.07. The van der Waals surface area contributed by atoms with E-state index in [2.05, 4.69) is 68.4 Å². The van der Waals surface area contributed by atoms with Crippen LogP contribution in [-0.2, 0) is 5.41 Å². The van der Waals surface area contributed by atoms with Crippen LogP contribution in [0.15, 0.2) is 60.7 Å². The van der Waals surface area contributed by atoms with Gasteiger partial charge in [0.1, 0.15) is 5.75 Å². The molecule has 0 saturated carbocycles. The monoisotopic (exact) mass is 325 g/mol. The minimum Gasteiger partial charge on any atom is -0.496 e. The van der Waals surface area contributed by atoms with Gasteiger partial charge in [0.05, 0.1) is 18.3 Å². The molecule has 0 fully saturated rings. The van der Waals surface area contributed by atoms with Gasteiger partial charge < -0.3 is 4.74 Å². The van der Waals surface area contributed by atoms with Crippen LogP contribution in [0.5, 0.6) is 5.75 Å². The maximum atomic E-state index is 5.65. The lowest BCUT2D eigenvalue weighted by Crippen LogP contribution is -2.15. The van der Waals surface area contributed by atoms with E-state index in [-0.39, 0.29) is 5.41 Å². The molecule has 1 aliphatic carbocycles. The van der Waals surface area contributed by atoms with E-state index in [4.69, 9.17) is 9.72 Å². The predicted molar refractivity (Wildman–Crippen MR) is 103 cm³/mol. The van der Waals surface area contributed by atoms with Gasteiger partial charge in [-0.2, -0.15) is 0 Å².